The third-order valence-electron chi connectivity index (χ3n) is 5.82. The Morgan fingerprint density at radius 2 is 1.77 bits per heavy atom. The van der Waals surface area contributed by atoms with E-state index in [-0.39, 0.29) is 12.4 Å². The summed E-state index contributed by atoms with van der Waals surface area (Å²) in [5, 5.41) is 6.47. The van der Waals surface area contributed by atoms with Gasteiger partial charge in [0.2, 0.25) is 18.2 Å². The van der Waals surface area contributed by atoms with Gasteiger partial charge in [-0.15, -0.1) is 0 Å². The molecule has 11 heteroatoms. The standard InChI is InChI=1S/C28H41N5O6/c1-8-10-16-20(30-26(37)28(6,7)33(18-34)39-27(3,4)5)24(35)32-21-17-29-23(31-21)22(25(36)38-9-2)19-14-12-11-13-15-19/h11-15,17-18,20,22H,8-10,16H2,1-7H3,(H,29,31)(H,30,37)(H,32,35)/t20-,22?/m1/s1. The number of aromatic amines is 1. The van der Waals surface area contributed by atoms with Gasteiger partial charge in [0, 0.05) is 0 Å². The SMILES string of the molecule is CCCC[C@@H](NC(=O)C(C)(C)N(C=O)OC(C)(C)C)C(=O)Nc1cnc(C(C(=O)OCC)c2ccccc2)[nH]1. The van der Waals surface area contributed by atoms with Crippen LogP contribution in [0.5, 0.6) is 0 Å². The number of nitrogens with one attached hydrogen (secondary N) is 3. The number of ether oxygens (including phenoxy) is 1. The molecule has 1 aromatic carbocycles. The van der Waals surface area contributed by atoms with Crippen molar-refractivity contribution in [3.63, 3.8) is 0 Å². The number of carbonyl (C=O) groups excluding carboxylic acids is 4. The Labute approximate surface area is 230 Å². The Bertz CT molecular complexity index is 1110. The maximum atomic E-state index is 13.3. The fraction of sp³-hybridized carbons (Fsp3) is 0.536. The summed E-state index contributed by atoms with van der Waals surface area (Å²) in [5.74, 6) is -1.71. The van der Waals surface area contributed by atoms with Crippen LogP contribution in [0.15, 0.2) is 36.5 Å². The van der Waals surface area contributed by atoms with Gasteiger partial charge < -0.3 is 20.4 Å². The molecule has 0 saturated carbocycles. The molecular weight excluding hydrogens is 502 g/mol. The quantitative estimate of drug-likeness (QED) is 0.187. The van der Waals surface area contributed by atoms with Crippen LogP contribution in [0, 0.1) is 0 Å². The minimum atomic E-state index is -1.39. The fourth-order valence-electron chi connectivity index (χ4n) is 3.72. The molecule has 0 aliphatic rings. The van der Waals surface area contributed by atoms with Crippen molar-refractivity contribution >= 4 is 30.0 Å². The molecule has 1 heterocycles. The van der Waals surface area contributed by atoms with Gasteiger partial charge in [0.05, 0.1) is 18.4 Å². The van der Waals surface area contributed by atoms with Gasteiger partial charge >= 0.3 is 5.97 Å². The van der Waals surface area contributed by atoms with E-state index in [9.17, 15) is 19.2 Å². The number of esters is 1. The zero-order chi connectivity index (χ0) is 29.2. The largest absolute Gasteiger partial charge is 0.465 e. The minimum absolute atomic E-state index is 0.212. The lowest BCUT2D eigenvalue weighted by molar-refractivity contribution is -0.247. The summed E-state index contributed by atoms with van der Waals surface area (Å²) in [5.41, 5.74) is -1.41. The highest BCUT2D eigenvalue weighted by molar-refractivity contribution is 5.98. The Kier molecular flexibility index (Phi) is 11.2. The van der Waals surface area contributed by atoms with Gasteiger partial charge in [0.25, 0.3) is 0 Å². The van der Waals surface area contributed by atoms with Gasteiger partial charge in [-0.25, -0.2) is 10.0 Å². The molecule has 39 heavy (non-hydrogen) atoms. The average molecular weight is 544 g/mol. The van der Waals surface area contributed by atoms with E-state index in [4.69, 9.17) is 9.57 Å². The molecule has 0 aliphatic carbocycles. The molecule has 0 bridgehead atoms. The first-order chi connectivity index (χ1) is 18.3. The van der Waals surface area contributed by atoms with Crippen LogP contribution < -0.4 is 10.6 Å². The zero-order valence-electron chi connectivity index (χ0n) is 23.9. The highest BCUT2D eigenvalue weighted by atomic mass is 16.7. The molecule has 2 atom stereocenters. The van der Waals surface area contributed by atoms with Gasteiger partial charge in [-0.2, -0.15) is 0 Å². The minimum Gasteiger partial charge on any atom is -0.465 e. The number of rotatable bonds is 14. The van der Waals surface area contributed by atoms with Gasteiger partial charge in [0.15, 0.2) is 0 Å². The second-order valence-corrected chi connectivity index (χ2v) is 10.6. The van der Waals surface area contributed by atoms with Gasteiger partial charge in [-0.1, -0.05) is 50.1 Å². The van der Waals surface area contributed by atoms with E-state index in [1.807, 2.05) is 25.1 Å². The number of H-pyrrole nitrogens is 1. The smallest absolute Gasteiger partial charge is 0.321 e. The van der Waals surface area contributed by atoms with Crippen molar-refractivity contribution in [1.29, 1.82) is 0 Å². The zero-order valence-corrected chi connectivity index (χ0v) is 23.9. The summed E-state index contributed by atoms with van der Waals surface area (Å²) in [6.07, 6.45) is 3.73. The molecule has 0 aliphatic heterocycles. The number of aromatic nitrogens is 2. The number of amides is 3. The number of unbranched alkanes of at least 4 members (excludes halogenated alkanes) is 1. The summed E-state index contributed by atoms with van der Waals surface area (Å²) >= 11 is 0. The lowest BCUT2D eigenvalue weighted by Crippen LogP contribution is -2.59. The number of hydrogen-bond acceptors (Lipinski definition) is 7. The molecule has 0 fully saturated rings. The molecule has 1 aromatic heterocycles. The molecule has 11 nitrogen and oxygen atoms in total. The third-order valence-corrected chi connectivity index (χ3v) is 5.82. The number of benzene rings is 1. The first-order valence-corrected chi connectivity index (χ1v) is 13.2. The Hall–Kier alpha value is -3.73. The van der Waals surface area contributed by atoms with Crippen LogP contribution in [-0.2, 0) is 28.8 Å². The molecule has 0 spiro atoms. The van der Waals surface area contributed by atoms with Crippen molar-refractivity contribution in [3.8, 4) is 0 Å². The number of anilines is 1. The Balaban J connectivity index is 2.23. The van der Waals surface area contributed by atoms with Crippen LogP contribution in [0.25, 0.3) is 0 Å². The van der Waals surface area contributed by atoms with Gasteiger partial charge in [-0.3, -0.25) is 24.0 Å². The Morgan fingerprint density at radius 1 is 1.10 bits per heavy atom. The molecule has 2 aromatic rings. The van der Waals surface area contributed by atoms with Crippen molar-refractivity contribution in [3.05, 3.63) is 47.9 Å². The number of carbonyl (C=O) groups is 4. The van der Waals surface area contributed by atoms with Crippen molar-refractivity contribution in [2.45, 2.75) is 90.8 Å². The summed E-state index contributed by atoms with van der Waals surface area (Å²) in [4.78, 5) is 63.9. The van der Waals surface area contributed by atoms with Crippen molar-refractivity contribution in [1.82, 2.24) is 20.3 Å². The first-order valence-electron chi connectivity index (χ1n) is 13.2. The number of imidazole rings is 1. The van der Waals surface area contributed by atoms with E-state index >= 15 is 0 Å². The highest BCUT2D eigenvalue weighted by Crippen LogP contribution is 2.25. The second-order valence-electron chi connectivity index (χ2n) is 10.6. The monoisotopic (exact) mass is 543 g/mol. The molecule has 1 unspecified atom stereocenters. The molecule has 2 rings (SSSR count). The lowest BCUT2D eigenvalue weighted by Gasteiger charge is -2.37. The molecule has 0 saturated heterocycles. The van der Waals surface area contributed by atoms with Crippen LogP contribution in [0.2, 0.25) is 0 Å². The molecule has 214 valence electrons. The predicted molar refractivity (Wildman–Crippen MR) is 146 cm³/mol. The van der Waals surface area contributed by atoms with Crippen LogP contribution in [0.1, 0.15) is 85.0 Å². The maximum Gasteiger partial charge on any atom is 0.321 e. The summed E-state index contributed by atoms with van der Waals surface area (Å²) in [6.45, 7) is 12.3. The number of hydroxylamine groups is 2. The fourth-order valence-corrected chi connectivity index (χ4v) is 3.72. The summed E-state index contributed by atoms with van der Waals surface area (Å²) in [6, 6.07) is 8.18. The third kappa shape index (κ3) is 8.91. The normalized spacial score (nSPS) is 13.2. The number of nitrogens with zero attached hydrogens (tertiary/aromatic N) is 2. The van der Waals surface area contributed by atoms with Crippen molar-refractivity contribution < 1.29 is 28.8 Å². The van der Waals surface area contributed by atoms with E-state index in [0.717, 1.165) is 11.5 Å². The molecule has 3 N–H and O–H groups in total. The van der Waals surface area contributed by atoms with Crippen LogP contribution >= 0.6 is 0 Å². The highest BCUT2D eigenvalue weighted by Gasteiger charge is 2.39. The lowest BCUT2D eigenvalue weighted by atomic mass is 9.98. The number of hydrogen-bond donors (Lipinski definition) is 3. The van der Waals surface area contributed by atoms with Gasteiger partial charge in [0.1, 0.15) is 29.1 Å². The first kappa shape index (κ1) is 31.5. The van der Waals surface area contributed by atoms with E-state index in [2.05, 4.69) is 20.6 Å². The van der Waals surface area contributed by atoms with Crippen LogP contribution in [0.3, 0.4) is 0 Å². The van der Waals surface area contributed by atoms with Crippen molar-refractivity contribution in [2.24, 2.45) is 0 Å². The summed E-state index contributed by atoms with van der Waals surface area (Å²) in [7, 11) is 0. The van der Waals surface area contributed by atoms with Crippen molar-refractivity contribution in [2.75, 3.05) is 11.9 Å². The molecule has 3 amide bonds. The van der Waals surface area contributed by atoms with E-state index in [1.54, 1.807) is 39.8 Å². The van der Waals surface area contributed by atoms with Crippen LogP contribution in [0.4, 0.5) is 5.82 Å². The summed E-state index contributed by atoms with van der Waals surface area (Å²) < 4.78 is 5.25. The predicted octanol–water partition coefficient (Wildman–Crippen LogP) is 3.69. The maximum absolute atomic E-state index is 13.3. The van der Waals surface area contributed by atoms with Crippen LogP contribution in [-0.4, -0.2) is 63.0 Å². The second kappa shape index (κ2) is 13.9. The average Bonchev–Trinajstić information content (AvgIpc) is 3.32. The topological polar surface area (TPSA) is 143 Å². The molecule has 0 radical (unpaired) electrons. The Morgan fingerprint density at radius 3 is 2.33 bits per heavy atom. The van der Waals surface area contributed by atoms with E-state index in [0.29, 0.717) is 30.6 Å². The molecular formula is C28H41N5O6. The van der Waals surface area contributed by atoms with E-state index in [1.165, 1.54) is 20.0 Å². The van der Waals surface area contributed by atoms with E-state index < -0.39 is 40.9 Å². The van der Waals surface area contributed by atoms with Gasteiger partial charge in [-0.05, 0) is 53.5 Å².